The molecule has 1 amide bonds. The van der Waals surface area contributed by atoms with Gasteiger partial charge in [-0.15, -0.1) is 0 Å². The standard InChI is InChI=1S/C18H16N2O4/c1-23-16-6-4-3-5-14(16)20-18(22)13(11-19)9-12-7-8-15(21)17(10-12)24-2/h3-10,21H,1-2H3,(H,20,22)/b13-9-. The van der Waals surface area contributed by atoms with Gasteiger partial charge < -0.3 is 19.9 Å². The molecule has 0 aliphatic carbocycles. The minimum atomic E-state index is -0.561. The summed E-state index contributed by atoms with van der Waals surface area (Å²) >= 11 is 0. The molecule has 0 atom stereocenters. The van der Waals surface area contributed by atoms with Crippen LogP contribution in [0.15, 0.2) is 48.0 Å². The zero-order valence-electron chi connectivity index (χ0n) is 13.2. The topological polar surface area (TPSA) is 91.6 Å². The Labute approximate surface area is 139 Å². The molecule has 0 bridgehead atoms. The van der Waals surface area contributed by atoms with Crippen LogP contribution in [0.4, 0.5) is 5.69 Å². The van der Waals surface area contributed by atoms with Gasteiger partial charge >= 0.3 is 0 Å². The van der Waals surface area contributed by atoms with Crippen molar-refractivity contribution in [3.05, 3.63) is 53.6 Å². The minimum absolute atomic E-state index is 0.0216. The molecule has 122 valence electrons. The molecule has 0 heterocycles. The Morgan fingerprint density at radius 1 is 1.17 bits per heavy atom. The van der Waals surface area contributed by atoms with Crippen molar-refractivity contribution in [1.29, 1.82) is 5.26 Å². The van der Waals surface area contributed by atoms with Crippen LogP contribution >= 0.6 is 0 Å². The van der Waals surface area contributed by atoms with Crippen LogP contribution < -0.4 is 14.8 Å². The molecule has 0 saturated carbocycles. The first-order valence-electron chi connectivity index (χ1n) is 7.02. The quantitative estimate of drug-likeness (QED) is 0.652. The van der Waals surface area contributed by atoms with Crippen LogP contribution in [0.2, 0.25) is 0 Å². The van der Waals surface area contributed by atoms with Crippen LogP contribution in [-0.2, 0) is 4.79 Å². The largest absolute Gasteiger partial charge is 0.504 e. The molecule has 2 aromatic carbocycles. The SMILES string of the molecule is COc1cc(/C=C(/C#N)C(=O)Nc2ccccc2OC)ccc1O. The monoisotopic (exact) mass is 324 g/mol. The van der Waals surface area contributed by atoms with E-state index in [4.69, 9.17) is 9.47 Å². The summed E-state index contributed by atoms with van der Waals surface area (Å²) in [5, 5.41) is 21.5. The van der Waals surface area contributed by atoms with Gasteiger partial charge in [0.05, 0.1) is 19.9 Å². The van der Waals surface area contributed by atoms with Crippen molar-refractivity contribution < 1.29 is 19.4 Å². The number of carbonyl (C=O) groups is 1. The van der Waals surface area contributed by atoms with E-state index in [1.807, 2.05) is 6.07 Å². The lowest BCUT2D eigenvalue weighted by molar-refractivity contribution is -0.112. The molecule has 2 aromatic rings. The molecular weight excluding hydrogens is 308 g/mol. The van der Waals surface area contributed by atoms with Gasteiger partial charge in [0, 0.05) is 0 Å². The van der Waals surface area contributed by atoms with Crippen molar-refractivity contribution >= 4 is 17.7 Å². The van der Waals surface area contributed by atoms with Crippen molar-refractivity contribution in [2.45, 2.75) is 0 Å². The molecular formula is C18H16N2O4. The number of anilines is 1. The predicted molar refractivity (Wildman–Crippen MR) is 89.9 cm³/mol. The summed E-state index contributed by atoms with van der Waals surface area (Å²) in [6.07, 6.45) is 1.41. The molecule has 2 rings (SSSR count). The number of amides is 1. The fourth-order valence-corrected chi connectivity index (χ4v) is 2.04. The molecule has 0 saturated heterocycles. The summed E-state index contributed by atoms with van der Waals surface area (Å²) in [7, 11) is 2.91. The summed E-state index contributed by atoms with van der Waals surface area (Å²) in [6, 6.07) is 13.3. The van der Waals surface area contributed by atoms with E-state index >= 15 is 0 Å². The first-order chi connectivity index (χ1) is 11.6. The number of phenols is 1. The number of ether oxygens (including phenoxy) is 2. The molecule has 0 aliphatic heterocycles. The number of nitrogens with one attached hydrogen (secondary N) is 1. The molecule has 0 spiro atoms. The number of hydrogen-bond acceptors (Lipinski definition) is 5. The van der Waals surface area contributed by atoms with Crippen molar-refractivity contribution in [1.82, 2.24) is 0 Å². The van der Waals surface area contributed by atoms with Crippen molar-refractivity contribution in [2.24, 2.45) is 0 Å². The second-order valence-corrected chi connectivity index (χ2v) is 4.76. The van der Waals surface area contributed by atoms with E-state index in [0.717, 1.165) is 0 Å². The predicted octanol–water partition coefficient (Wildman–Crippen LogP) is 2.96. The molecule has 0 unspecified atom stereocenters. The number of methoxy groups -OCH3 is 2. The normalized spacial score (nSPS) is 10.6. The fourth-order valence-electron chi connectivity index (χ4n) is 2.04. The van der Waals surface area contributed by atoms with E-state index in [9.17, 15) is 15.2 Å². The first kappa shape index (κ1) is 16.9. The molecule has 6 heteroatoms. The minimum Gasteiger partial charge on any atom is -0.504 e. The number of benzene rings is 2. The first-order valence-corrected chi connectivity index (χ1v) is 7.02. The van der Waals surface area contributed by atoms with Crippen LogP contribution in [0.5, 0.6) is 17.2 Å². The molecule has 0 aromatic heterocycles. The van der Waals surface area contributed by atoms with Gasteiger partial charge in [-0.3, -0.25) is 4.79 Å². The smallest absolute Gasteiger partial charge is 0.266 e. The Kier molecular flexibility index (Phi) is 5.42. The van der Waals surface area contributed by atoms with E-state index in [2.05, 4.69) is 5.32 Å². The van der Waals surface area contributed by atoms with Crippen LogP contribution in [0.1, 0.15) is 5.56 Å². The van der Waals surface area contributed by atoms with Crippen LogP contribution in [-0.4, -0.2) is 25.2 Å². The maximum atomic E-state index is 12.3. The highest BCUT2D eigenvalue weighted by atomic mass is 16.5. The average Bonchev–Trinajstić information content (AvgIpc) is 2.61. The number of para-hydroxylation sites is 2. The van der Waals surface area contributed by atoms with Crippen molar-refractivity contribution in [2.75, 3.05) is 19.5 Å². The summed E-state index contributed by atoms with van der Waals surface area (Å²) in [5.74, 6) is 0.168. The third-order valence-electron chi connectivity index (χ3n) is 3.24. The van der Waals surface area contributed by atoms with Crippen molar-refractivity contribution in [3.8, 4) is 23.3 Å². The summed E-state index contributed by atoms with van der Waals surface area (Å²) < 4.78 is 10.2. The summed E-state index contributed by atoms with van der Waals surface area (Å²) in [5.41, 5.74) is 0.930. The Bertz CT molecular complexity index is 822. The summed E-state index contributed by atoms with van der Waals surface area (Å²) in [6.45, 7) is 0. The van der Waals surface area contributed by atoms with E-state index in [1.165, 1.54) is 32.4 Å². The molecule has 0 radical (unpaired) electrons. The second-order valence-electron chi connectivity index (χ2n) is 4.76. The third kappa shape index (κ3) is 3.84. The Hall–Kier alpha value is -3.46. The number of rotatable bonds is 5. The number of nitriles is 1. The lowest BCUT2D eigenvalue weighted by atomic mass is 10.1. The number of carbonyl (C=O) groups excluding carboxylic acids is 1. The highest BCUT2D eigenvalue weighted by molar-refractivity contribution is 6.10. The molecule has 0 fully saturated rings. The number of phenolic OH excluding ortho intramolecular Hbond substituents is 1. The van der Waals surface area contributed by atoms with E-state index in [0.29, 0.717) is 17.0 Å². The Balaban J connectivity index is 2.27. The highest BCUT2D eigenvalue weighted by Gasteiger charge is 2.12. The maximum Gasteiger partial charge on any atom is 0.266 e. The van der Waals surface area contributed by atoms with Gasteiger partial charge in [-0.25, -0.2) is 0 Å². The van der Waals surface area contributed by atoms with E-state index in [-0.39, 0.29) is 17.1 Å². The Morgan fingerprint density at radius 2 is 1.88 bits per heavy atom. The highest BCUT2D eigenvalue weighted by Crippen LogP contribution is 2.28. The zero-order valence-corrected chi connectivity index (χ0v) is 13.2. The van der Waals surface area contributed by atoms with Gasteiger partial charge in [0.15, 0.2) is 11.5 Å². The molecule has 24 heavy (non-hydrogen) atoms. The average molecular weight is 324 g/mol. The molecule has 2 N–H and O–H groups in total. The lowest BCUT2D eigenvalue weighted by Gasteiger charge is -2.09. The van der Waals surface area contributed by atoms with Gasteiger partial charge in [-0.05, 0) is 35.9 Å². The number of aromatic hydroxyl groups is 1. The zero-order chi connectivity index (χ0) is 17.5. The fraction of sp³-hybridized carbons (Fsp3) is 0.111. The van der Waals surface area contributed by atoms with Gasteiger partial charge in [-0.2, -0.15) is 5.26 Å². The molecule has 6 nitrogen and oxygen atoms in total. The van der Waals surface area contributed by atoms with Crippen LogP contribution in [0.3, 0.4) is 0 Å². The van der Waals surface area contributed by atoms with Gasteiger partial charge in [0.2, 0.25) is 0 Å². The maximum absolute atomic E-state index is 12.3. The lowest BCUT2D eigenvalue weighted by Crippen LogP contribution is -2.14. The second kappa shape index (κ2) is 7.70. The van der Waals surface area contributed by atoms with Gasteiger partial charge in [0.1, 0.15) is 17.4 Å². The van der Waals surface area contributed by atoms with Crippen LogP contribution in [0, 0.1) is 11.3 Å². The Morgan fingerprint density at radius 3 is 2.54 bits per heavy atom. The molecule has 0 aliphatic rings. The van der Waals surface area contributed by atoms with Crippen molar-refractivity contribution in [3.63, 3.8) is 0 Å². The van der Waals surface area contributed by atoms with E-state index in [1.54, 1.807) is 30.3 Å². The van der Waals surface area contributed by atoms with Gasteiger partial charge in [0.25, 0.3) is 5.91 Å². The summed E-state index contributed by atoms with van der Waals surface area (Å²) in [4.78, 5) is 12.3. The number of nitrogens with zero attached hydrogens (tertiary/aromatic N) is 1. The van der Waals surface area contributed by atoms with Crippen LogP contribution in [0.25, 0.3) is 6.08 Å². The van der Waals surface area contributed by atoms with E-state index < -0.39 is 5.91 Å². The third-order valence-corrected chi connectivity index (χ3v) is 3.24. The number of hydrogen-bond donors (Lipinski definition) is 2. The van der Waals surface area contributed by atoms with Gasteiger partial charge in [-0.1, -0.05) is 18.2 Å².